The number of carbonyl (C=O) groups excluding carboxylic acids is 1. The summed E-state index contributed by atoms with van der Waals surface area (Å²) in [6.45, 7) is 3.76. The first-order valence-electron chi connectivity index (χ1n) is 9.75. The van der Waals surface area contributed by atoms with Crippen molar-refractivity contribution in [3.8, 4) is 5.88 Å². The first-order chi connectivity index (χ1) is 14.1. The molecule has 2 aromatic heterocycles. The van der Waals surface area contributed by atoms with Crippen LogP contribution < -0.4 is 10.3 Å². The van der Waals surface area contributed by atoms with E-state index in [9.17, 15) is 9.59 Å². The highest BCUT2D eigenvalue weighted by molar-refractivity contribution is 5.79. The smallest absolute Gasteiger partial charge is 0.261 e. The molecule has 1 aliphatic rings. The van der Waals surface area contributed by atoms with E-state index in [1.54, 1.807) is 18.2 Å². The SMILES string of the molecule is Cc1ccc(OCC2CCN(C(=O)Cn3cnc4ccccc4c3=O)CC2)nn1. The number of likely N-dealkylation sites (tertiary alicyclic amines) is 1. The summed E-state index contributed by atoms with van der Waals surface area (Å²) in [5.74, 6) is 0.831. The molecule has 1 fully saturated rings. The molecule has 1 aromatic carbocycles. The molecule has 1 amide bonds. The van der Waals surface area contributed by atoms with E-state index < -0.39 is 0 Å². The Morgan fingerprint density at radius 2 is 1.93 bits per heavy atom. The molecule has 4 rings (SSSR count). The van der Waals surface area contributed by atoms with Crippen LogP contribution in [0.4, 0.5) is 0 Å². The number of aryl methyl sites for hydroxylation is 1. The Bertz CT molecular complexity index is 1060. The number of aromatic nitrogens is 4. The van der Waals surface area contributed by atoms with Crippen molar-refractivity contribution in [2.75, 3.05) is 19.7 Å². The standard InChI is InChI=1S/C21H23N5O3/c1-15-6-7-19(24-23-15)29-13-16-8-10-25(11-9-16)20(27)12-26-14-22-18-5-3-2-4-17(18)21(26)28/h2-7,14,16H,8-13H2,1H3. The maximum Gasteiger partial charge on any atom is 0.261 e. The predicted octanol–water partition coefficient (Wildman–Crippen LogP) is 1.81. The van der Waals surface area contributed by atoms with Gasteiger partial charge < -0.3 is 9.64 Å². The van der Waals surface area contributed by atoms with Crippen molar-refractivity contribution in [2.45, 2.75) is 26.3 Å². The van der Waals surface area contributed by atoms with Gasteiger partial charge >= 0.3 is 0 Å². The molecule has 1 saturated heterocycles. The molecule has 150 valence electrons. The Balaban J connectivity index is 1.30. The summed E-state index contributed by atoms with van der Waals surface area (Å²) < 4.78 is 7.10. The molecule has 3 heterocycles. The molecule has 8 heteroatoms. The first kappa shape index (κ1) is 19.0. The number of piperidine rings is 1. The molecule has 29 heavy (non-hydrogen) atoms. The van der Waals surface area contributed by atoms with E-state index in [0.717, 1.165) is 18.5 Å². The quantitative estimate of drug-likeness (QED) is 0.657. The van der Waals surface area contributed by atoms with Gasteiger partial charge in [-0.15, -0.1) is 5.10 Å². The topological polar surface area (TPSA) is 90.2 Å². The van der Waals surface area contributed by atoms with Crippen LogP contribution in [-0.2, 0) is 11.3 Å². The molecule has 0 spiro atoms. The lowest BCUT2D eigenvalue weighted by Gasteiger charge is -2.32. The van der Waals surface area contributed by atoms with E-state index in [0.29, 0.717) is 42.4 Å². The molecule has 0 unspecified atom stereocenters. The fourth-order valence-electron chi connectivity index (χ4n) is 3.48. The Morgan fingerprint density at radius 1 is 1.14 bits per heavy atom. The summed E-state index contributed by atoms with van der Waals surface area (Å²) in [4.78, 5) is 31.3. The van der Waals surface area contributed by atoms with Gasteiger partial charge in [0.2, 0.25) is 11.8 Å². The minimum Gasteiger partial charge on any atom is -0.476 e. The number of rotatable bonds is 5. The Hall–Kier alpha value is -3.29. The third kappa shape index (κ3) is 4.42. The largest absolute Gasteiger partial charge is 0.476 e. The summed E-state index contributed by atoms with van der Waals surface area (Å²) in [7, 11) is 0. The third-order valence-electron chi connectivity index (χ3n) is 5.24. The van der Waals surface area contributed by atoms with Gasteiger partial charge in [0.15, 0.2) is 0 Å². The number of fused-ring (bicyclic) bond motifs is 1. The van der Waals surface area contributed by atoms with E-state index in [2.05, 4.69) is 15.2 Å². The maximum absolute atomic E-state index is 12.7. The monoisotopic (exact) mass is 393 g/mol. The number of hydrogen-bond donors (Lipinski definition) is 0. The highest BCUT2D eigenvalue weighted by Crippen LogP contribution is 2.19. The third-order valence-corrected chi connectivity index (χ3v) is 5.24. The van der Waals surface area contributed by atoms with Gasteiger partial charge in [-0.05, 0) is 43.9 Å². The predicted molar refractivity (Wildman–Crippen MR) is 108 cm³/mol. The average Bonchev–Trinajstić information content (AvgIpc) is 2.76. The van der Waals surface area contributed by atoms with Crippen molar-refractivity contribution in [1.82, 2.24) is 24.6 Å². The van der Waals surface area contributed by atoms with Gasteiger partial charge in [-0.3, -0.25) is 14.2 Å². The van der Waals surface area contributed by atoms with Gasteiger partial charge in [-0.1, -0.05) is 12.1 Å². The van der Waals surface area contributed by atoms with Crippen LogP contribution in [0.1, 0.15) is 18.5 Å². The van der Waals surface area contributed by atoms with Crippen LogP contribution in [0.25, 0.3) is 10.9 Å². The average molecular weight is 393 g/mol. The van der Waals surface area contributed by atoms with Crippen molar-refractivity contribution in [3.05, 3.63) is 58.8 Å². The van der Waals surface area contributed by atoms with E-state index in [4.69, 9.17) is 4.74 Å². The second-order valence-electron chi connectivity index (χ2n) is 7.34. The van der Waals surface area contributed by atoms with Crippen LogP contribution in [0.5, 0.6) is 5.88 Å². The number of ether oxygens (including phenoxy) is 1. The fourth-order valence-corrected chi connectivity index (χ4v) is 3.48. The van der Waals surface area contributed by atoms with E-state index in [1.165, 1.54) is 10.9 Å². The molecule has 0 aliphatic carbocycles. The second-order valence-corrected chi connectivity index (χ2v) is 7.34. The van der Waals surface area contributed by atoms with Gasteiger partial charge in [0.25, 0.3) is 5.56 Å². The van der Waals surface area contributed by atoms with Gasteiger partial charge in [-0.25, -0.2) is 4.98 Å². The molecule has 3 aromatic rings. The lowest BCUT2D eigenvalue weighted by molar-refractivity contribution is -0.133. The molecule has 0 radical (unpaired) electrons. The number of amides is 1. The van der Waals surface area contributed by atoms with E-state index in [-0.39, 0.29) is 18.0 Å². The summed E-state index contributed by atoms with van der Waals surface area (Å²) in [5, 5.41) is 8.52. The molecule has 8 nitrogen and oxygen atoms in total. The zero-order valence-electron chi connectivity index (χ0n) is 16.3. The molecule has 0 N–H and O–H groups in total. The van der Waals surface area contributed by atoms with Crippen LogP contribution >= 0.6 is 0 Å². The first-order valence-corrected chi connectivity index (χ1v) is 9.75. The molecule has 0 bridgehead atoms. The van der Waals surface area contributed by atoms with Crippen molar-refractivity contribution in [2.24, 2.45) is 5.92 Å². The van der Waals surface area contributed by atoms with Crippen molar-refractivity contribution >= 4 is 16.8 Å². The summed E-state index contributed by atoms with van der Waals surface area (Å²) in [5.41, 5.74) is 1.30. The zero-order valence-corrected chi connectivity index (χ0v) is 16.3. The van der Waals surface area contributed by atoms with Crippen LogP contribution in [0.2, 0.25) is 0 Å². The number of hydrogen-bond acceptors (Lipinski definition) is 6. The van der Waals surface area contributed by atoms with Gasteiger partial charge in [0.05, 0.1) is 29.5 Å². The van der Waals surface area contributed by atoms with Crippen LogP contribution in [0.3, 0.4) is 0 Å². The van der Waals surface area contributed by atoms with Crippen molar-refractivity contribution < 1.29 is 9.53 Å². The van der Waals surface area contributed by atoms with Gasteiger partial charge in [0.1, 0.15) is 6.54 Å². The second kappa shape index (κ2) is 8.38. The minimum atomic E-state index is -0.188. The summed E-state index contributed by atoms with van der Waals surface area (Å²) in [6.07, 6.45) is 3.16. The highest BCUT2D eigenvalue weighted by Gasteiger charge is 2.24. The summed E-state index contributed by atoms with van der Waals surface area (Å²) >= 11 is 0. The number of para-hydroxylation sites is 1. The van der Waals surface area contributed by atoms with Gasteiger partial charge in [0, 0.05) is 19.2 Å². The molecular weight excluding hydrogens is 370 g/mol. The molecule has 1 aliphatic heterocycles. The number of benzene rings is 1. The van der Waals surface area contributed by atoms with Crippen LogP contribution in [0.15, 0.2) is 47.5 Å². The minimum absolute atomic E-state index is 0.0107. The van der Waals surface area contributed by atoms with Crippen LogP contribution in [-0.4, -0.2) is 50.3 Å². The Labute approximate surface area is 168 Å². The molecular formula is C21H23N5O3. The summed E-state index contributed by atoms with van der Waals surface area (Å²) in [6, 6.07) is 10.8. The van der Waals surface area contributed by atoms with Crippen molar-refractivity contribution in [3.63, 3.8) is 0 Å². The lowest BCUT2D eigenvalue weighted by atomic mass is 9.98. The number of carbonyl (C=O) groups is 1. The number of nitrogens with zero attached hydrogens (tertiary/aromatic N) is 5. The Kier molecular flexibility index (Phi) is 5.50. The van der Waals surface area contributed by atoms with Crippen molar-refractivity contribution in [1.29, 1.82) is 0 Å². The van der Waals surface area contributed by atoms with Gasteiger partial charge in [-0.2, -0.15) is 5.10 Å². The van der Waals surface area contributed by atoms with Crippen LogP contribution in [0, 0.1) is 12.8 Å². The van der Waals surface area contributed by atoms with E-state index >= 15 is 0 Å². The molecule has 0 atom stereocenters. The highest BCUT2D eigenvalue weighted by atomic mass is 16.5. The lowest BCUT2D eigenvalue weighted by Crippen LogP contribution is -2.42. The zero-order chi connectivity index (χ0) is 20.2. The normalized spacial score (nSPS) is 14.9. The molecule has 0 saturated carbocycles. The fraction of sp³-hybridized carbons (Fsp3) is 0.381. The Morgan fingerprint density at radius 3 is 2.69 bits per heavy atom. The van der Waals surface area contributed by atoms with E-state index in [1.807, 2.05) is 30.0 Å². The maximum atomic E-state index is 12.7.